The van der Waals surface area contributed by atoms with E-state index < -0.39 is 5.97 Å². The summed E-state index contributed by atoms with van der Waals surface area (Å²) in [5.41, 5.74) is 6.96. The summed E-state index contributed by atoms with van der Waals surface area (Å²) in [7, 11) is 0. The number of aromatic nitrogens is 1. The second-order valence-electron chi connectivity index (χ2n) is 7.04. The molecule has 5 nitrogen and oxygen atoms in total. The van der Waals surface area contributed by atoms with Crippen LogP contribution in [0.1, 0.15) is 54.6 Å². The van der Waals surface area contributed by atoms with Crippen molar-refractivity contribution in [2.45, 2.75) is 52.7 Å². The maximum absolute atomic E-state index is 11.0. The fraction of sp³-hybridized carbons (Fsp3) is 0.476. The van der Waals surface area contributed by atoms with E-state index in [9.17, 15) is 9.90 Å². The van der Waals surface area contributed by atoms with E-state index >= 15 is 0 Å². The Hall–Kier alpha value is -2.11. The normalized spacial score (nSPS) is 14.5. The number of aliphatic hydroxyl groups excluding tert-OH is 1. The Kier molecular flexibility index (Phi) is 5.49. The molecule has 0 fully saturated rings. The number of rotatable bonds is 6. The van der Waals surface area contributed by atoms with Gasteiger partial charge in [0, 0.05) is 23.7 Å². The summed E-state index contributed by atoms with van der Waals surface area (Å²) < 4.78 is 7.91. The zero-order valence-electron chi connectivity index (χ0n) is 15.7. The van der Waals surface area contributed by atoms with Crippen LogP contribution in [0.15, 0.2) is 12.1 Å². The second-order valence-corrected chi connectivity index (χ2v) is 7.04. The molecule has 1 aromatic carbocycles. The third-order valence-corrected chi connectivity index (χ3v) is 5.16. The van der Waals surface area contributed by atoms with Crippen LogP contribution in [0.3, 0.4) is 0 Å². The highest BCUT2D eigenvalue weighted by Gasteiger charge is 2.25. The molecule has 5 heteroatoms. The van der Waals surface area contributed by atoms with E-state index in [1.165, 1.54) is 33.7 Å². The van der Waals surface area contributed by atoms with E-state index in [0.717, 1.165) is 24.1 Å². The van der Waals surface area contributed by atoms with Crippen molar-refractivity contribution >= 4 is 22.9 Å². The molecule has 0 saturated heterocycles. The molecule has 3 rings (SSSR count). The quantitative estimate of drug-likeness (QED) is 0.777. The van der Waals surface area contributed by atoms with Gasteiger partial charge in [0.05, 0.1) is 25.3 Å². The Morgan fingerprint density at radius 2 is 2.19 bits per heavy atom. The van der Waals surface area contributed by atoms with Crippen LogP contribution in [0.25, 0.3) is 17.0 Å². The van der Waals surface area contributed by atoms with Gasteiger partial charge in [-0.25, -0.2) is 4.79 Å². The topological polar surface area (TPSA) is 71.7 Å². The SMILES string of the molecule is CCc1c(C=CC(=O)O)cc(C(C)C)c2c1c1c(n2CCO)COCC1. The van der Waals surface area contributed by atoms with Crippen molar-refractivity contribution in [2.75, 3.05) is 13.2 Å². The van der Waals surface area contributed by atoms with Crippen molar-refractivity contribution in [3.8, 4) is 0 Å². The summed E-state index contributed by atoms with van der Waals surface area (Å²) in [6.07, 6.45) is 4.60. The summed E-state index contributed by atoms with van der Waals surface area (Å²) >= 11 is 0. The van der Waals surface area contributed by atoms with E-state index in [2.05, 4.69) is 31.4 Å². The molecule has 1 aromatic heterocycles. The minimum absolute atomic E-state index is 0.0792. The number of carboxylic acid groups (broad SMARTS) is 1. The van der Waals surface area contributed by atoms with Crippen LogP contribution in [0.2, 0.25) is 0 Å². The number of ether oxygens (including phenoxy) is 1. The van der Waals surface area contributed by atoms with Gasteiger partial charge in [0.15, 0.2) is 0 Å². The average Bonchev–Trinajstić information content (AvgIpc) is 2.94. The molecular formula is C21H27NO4. The average molecular weight is 357 g/mol. The molecule has 0 bridgehead atoms. The summed E-state index contributed by atoms with van der Waals surface area (Å²) in [5, 5.41) is 19.9. The number of nitrogens with zero attached hydrogens (tertiary/aromatic N) is 1. The van der Waals surface area contributed by atoms with E-state index in [4.69, 9.17) is 9.84 Å². The largest absolute Gasteiger partial charge is 0.478 e. The maximum atomic E-state index is 11.0. The first-order chi connectivity index (χ1) is 12.5. The van der Waals surface area contributed by atoms with E-state index in [1.807, 2.05) is 0 Å². The van der Waals surface area contributed by atoms with E-state index in [-0.39, 0.29) is 12.5 Å². The molecule has 0 saturated carbocycles. The van der Waals surface area contributed by atoms with Gasteiger partial charge in [0.1, 0.15) is 0 Å². The Labute approximate surface area is 153 Å². The van der Waals surface area contributed by atoms with Crippen molar-refractivity contribution in [3.63, 3.8) is 0 Å². The number of carbonyl (C=O) groups is 1. The number of aryl methyl sites for hydroxylation is 1. The van der Waals surface area contributed by atoms with Gasteiger partial charge in [-0.2, -0.15) is 0 Å². The van der Waals surface area contributed by atoms with Crippen LogP contribution in [0.4, 0.5) is 0 Å². The van der Waals surface area contributed by atoms with Gasteiger partial charge in [0.2, 0.25) is 0 Å². The summed E-state index contributed by atoms with van der Waals surface area (Å²) in [6.45, 7) is 8.29. The molecule has 2 aromatic rings. The molecule has 0 spiro atoms. The van der Waals surface area contributed by atoms with Gasteiger partial charge >= 0.3 is 5.97 Å². The highest BCUT2D eigenvalue weighted by molar-refractivity contribution is 5.96. The molecule has 1 aliphatic heterocycles. The third kappa shape index (κ3) is 3.17. The standard InChI is InChI=1S/C21H27NO4/c1-4-15-14(5-6-19(24)25)11-17(13(2)3)21-20(15)16-7-10-26-12-18(16)22(21)8-9-23/h5-6,11,13,23H,4,7-10,12H2,1-3H3,(H,24,25). The molecule has 2 N–H and O–H groups in total. The Morgan fingerprint density at radius 3 is 2.81 bits per heavy atom. The maximum Gasteiger partial charge on any atom is 0.328 e. The van der Waals surface area contributed by atoms with Crippen molar-refractivity contribution in [1.82, 2.24) is 4.57 Å². The van der Waals surface area contributed by atoms with Crippen LogP contribution in [0, 0.1) is 0 Å². The number of aliphatic hydroxyl groups is 1. The number of hydrogen-bond acceptors (Lipinski definition) is 3. The van der Waals surface area contributed by atoms with E-state index in [1.54, 1.807) is 6.08 Å². The first-order valence-electron chi connectivity index (χ1n) is 9.28. The third-order valence-electron chi connectivity index (χ3n) is 5.16. The zero-order valence-corrected chi connectivity index (χ0v) is 15.7. The lowest BCUT2D eigenvalue weighted by molar-refractivity contribution is -0.131. The molecule has 0 amide bonds. The van der Waals surface area contributed by atoms with Gasteiger partial charge in [0.25, 0.3) is 0 Å². The molecule has 0 aliphatic carbocycles. The second kappa shape index (κ2) is 7.64. The molecule has 1 aliphatic rings. The highest BCUT2D eigenvalue weighted by atomic mass is 16.5. The lowest BCUT2D eigenvalue weighted by Crippen LogP contribution is -2.14. The summed E-state index contributed by atoms with van der Waals surface area (Å²) in [6, 6.07) is 2.12. The fourth-order valence-electron chi connectivity index (χ4n) is 4.07. The summed E-state index contributed by atoms with van der Waals surface area (Å²) in [5.74, 6) is -0.651. The minimum Gasteiger partial charge on any atom is -0.478 e. The minimum atomic E-state index is -0.938. The number of hydrogen-bond donors (Lipinski definition) is 2. The number of carboxylic acids is 1. The first-order valence-corrected chi connectivity index (χ1v) is 9.28. The summed E-state index contributed by atoms with van der Waals surface area (Å²) in [4.78, 5) is 11.0. The highest BCUT2D eigenvalue weighted by Crippen LogP contribution is 2.39. The molecule has 140 valence electrons. The number of benzene rings is 1. The molecule has 0 unspecified atom stereocenters. The van der Waals surface area contributed by atoms with Crippen LogP contribution in [0.5, 0.6) is 0 Å². The predicted octanol–water partition coefficient (Wildman–Crippen LogP) is 3.49. The van der Waals surface area contributed by atoms with E-state index in [0.29, 0.717) is 19.8 Å². The van der Waals surface area contributed by atoms with Crippen molar-refractivity contribution in [1.29, 1.82) is 0 Å². The van der Waals surface area contributed by atoms with Gasteiger partial charge in [-0.1, -0.05) is 20.8 Å². The van der Waals surface area contributed by atoms with Crippen molar-refractivity contribution < 1.29 is 19.7 Å². The van der Waals surface area contributed by atoms with Gasteiger partial charge < -0.3 is 19.5 Å². The monoisotopic (exact) mass is 357 g/mol. The number of fused-ring (bicyclic) bond motifs is 3. The molecule has 26 heavy (non-hydrogen) atoms. The zero-order chi connectivity index (χ0) is 18.8. The predicted molar refractivity (Wildman–Crippen MR) is 103 cm³/mol. The first kappa shape index (κ1) is 18.7. The Bertz CT molecular complexity index is 861. The van der Waals surface area contributed by atoms with Gasteiger partial charge in [-0.3, -0.25) is 0 Å². The smallest absolute Gasteiger partial charge is 0.328 e. The molecular weight excluding hydrogens is 330 g/mol. The Morgan fingerprint density at radius 1 is 1.42 bits per heavy atom. The Balaban J connectivity index is 2.42. The van der Waals surface area contributed by atoms with Crippen LogP contribution >= 0.6 is 0 Å². The molecule has 0 radical (unpaired) electrons. The van der Waals surface area contributed by atoms with Crippen LogP contribution in [-0.4, -0.2) is 34.0 Å². The molecule has 0 atom stereocenters. The number of aliphatic carboxylic acids is 1. The van der Waals surface area contributed by atoms with Gasteiger partial charge in [-0.05, 0) is 53.2 Å². The molecule has 2 heterocycles. The fourth-order valence-corrected chi connectivity index (χ4v) is 4.07. The lowest BCUT2D eigenvalue weighted by atomic mass is 9.89. The van der Waals surface area contributed by atoms with Crippen LogP contribution in [-0.2, 0) is 35.5 Å². The van der Waals surface area contributed by atoms with Crippen LogP contribution < -0.4 is 0 Å². The lowest BCUT2D eigenvalue weighted by Gasteiger charge is -2.17. The van der Waals surface area contributed by atoms with Gasteiger partial charge in [-0.15, -0.1) is 0 Å². The van der Waals surface area contributed by atoms with Crippen molar-refractivity contribution in [2.24, 2.45) is 0 Å². The van der Waals surface area contributed by atoms with Crippen molar-refractivity contribution in [3.05, 3.63) is 40.1 Å².